The first-order valence-corrected chi connectivity index (χ1v) is 8.90. The van der Waals surface area contributed by atoms with Gasteiger partial charge in [-0.05, 0) is 30.3 Å². The van der Waals surface area contributed by atoms with Gasteiger partial charge in [0.25, 0.3) is 5.91 Å². The molecule has 26 heavy (non-hydrogen) atoms. The van der Waals surface area contributed by atoms with Crippen molar-refractivity contribution in [1.29, 1.82) is 0 Å². The van der Waals surface area contributed by atoms with Crippen molar-refractivity contribution in [3.63, 3.8) is 0 Å². The SMILES string of the molecule is O=C(c1cccc(N2CCNC2=O)c1)N1CCN(Cc2ccco2)CC1. The van der Waals surface area contributed by atoms with E-state index < -0.39 is 0 Å². The van der Waals surface area contributed by atoms with E-state index in [1.54, 1.807) is 11.2 Å². The standard InChI is InChI=1S/C19H22N4O3/c24-18(15-3-1-4-16(13-15)23-7-6-20-19(23)25)22-10-8-21(9-11-22)14-17-5-2-12-26-17/h1-5,12-13H,6-11,14H2,(H,20,25). The Bertz CT molecular complexity index is 782. The van der Waals surface area contributed by atoms with Crippen LogP contribution in [0.1, 0.15) is 16.1 Å². The lowest BCUT2D eigenvalue weighted by atomic mass is 10.1. The Hall–Kier alpha value is -2.80. The zero-order valence-corrected chi connectivity index (χ0v) is 14.6. The summed E-state index contributed by atoms with van der Waals surface area (Å²) < 4.78 is 5.39. The number of amides is 3. The second-order valence-electron chi connectivity index (χ2n) is 6.58. The number of urea groups is 1. The highest BCUT2D eigenvalue weighted by atomic mass is 16.3. The number of anilines is 1. The van der Waals surface area contributed by atoms with E-state index in [4.69, 9.17) is 4.42 Å². The minimum Gasteiger partial charge on any atom is -0.468 e. The van der Waals surface area contributed by atoms with Crippen LogP contribution in [0, 0.1) is 0 Å². The van der Waals surface area contributed by atoms with E-state index in [1.807, 2.05) is 41.3 Å². The summed E-state index contributed by atoms with van der Waals surface area (Å²) >= 11 is 0. The monoisotopic (exact) mass is 354 g/mol. The number of rotatable bonds is 4. The molecule has 136 valence electrons. The lowest BCUT2D eigenvalue weighted by Gasteiger charge is -2.34. The van der Waals surface area contributed by atoms with Gasteiger partial charge >= 0.3 is 6.03 Å². The minimum atomic E-state index is -0.110. The van der Waals surface area contributed by atoms with Crippen molar-refractivity contribution in [2.24, 2.45) is 0 Å². The molecule has 1 N–H and O–H groups in total. The molecule has 2 fully saturated rings. The summed E-state index contributed by atoms with van der Waals surface area (Å²) in [5.74, 6) is 0.963. The highest BCUT2D eigenvalue weighted by Gasteiger charge is 2.25. The van der Waals surface area contributed by atoms with Gasteiger partial charge in [0, 0.05) is 50.5 Å². The number of hydrogen-bond acceptors (Lipinski definition) is 4. The van der Waals surface area contributed by atoms with E-state index in [0.717, 1.165) is 31.1 Å². The Labute approximate surface area is 152 Å². The van der Waals surface area contributed by atoms with Crippen molar-refractivity contribution < 1.29 is 14.0 Å². The van der Waals surface area contributed by atoms with Crippen LogP contribution in [0.3, 0.4) is 0 Å². The topological polar surface area (TPSA) is 69.0 Å². The Morgan fingerprint density at radius 3 is 2.62 bits per heavy atom. The summed E-state index contributed by atoms with van der Waals surface area (Å²) in [7, 11) is 0. The first-order valence-electron chi connectivity index (χ1n) is 8.90. The molecule has 0 bridgehead atoms. The van der Waals surface area contributed by atoms with E-state index in [2.05, 4.69) is 10.2 Å². The van der Waals surface area contributed by atoms with Crippen LogP contribution >= 0.6 is 0 Å². The molecule has 7 heteroatoms. The third kappa shape index (κ3) is 3.43. The van der Waals surface area contributed by atoms with Gasteiger partial charge in [0.2, 0.25) is 0 Å². The van der Waals surface area contributed by atoms with Crippen LogP contribution in [0.25, 0.3) is 0 Å². The van der Waals surface area contributed by atoms with Crippen LogP contribution < -0.4 is 10.2 Å². The van der Waals surface area contributed by atoms with Gasteiger partial charge in [0.1, 0.15) is 5.76 Å². The number of nitrogens with one attached hydrogen (secondary N) is 1. The predicted molar refractivity (Wildman–Crippen MR) is 97.1 cm³/mol. The fourth-order valence-corrected chi connectivity index (χ4v) is 3.44. The average molecular weight is 354 g/mol. The number of hydrogen-bond donors (Lipinski definition) is 1. The van der Waals surface area contributed by atoms with Crippen molar-refractivity contribution in [3.8, 4) is 0 Å². The first kappa shape index (κ1) is 16.7. The van der Waals surface area contributed by atoms with Crippen molar-refractivity contribution in [2.45, 2.75) is 6.54 Å². The number of furan rings is 1. The second-order valence-corrected chi connectivity index (χ2v) is 6.58. The van der Waals surface area contributed by atoms with Crippen molar-refractivity contribution in [2.75, 3.05) is 44.2 Å². The van der Waals surface area contributed by atoms with Gasteiger partial charge in [0.15, 0.2) is 0 Å². The predicted octanol–water partition coefficient (Wildman–Crippen LogP) is 1.77. The Morgan fingerprint density at radius 1 is 1.08 bits per heavy atom. The quantitative estimate of drug-likeness (QED) is 0.909. The second kappa shape index (κ2) is 7.21. The largest absolute Gasteiger partial charge is 0.468 e. The number of nitrogens with zero attached hydrogens (tertiary/aromatic N) is 3. The van der Waals surface area contributed by atoms with Gasteiger partial charge in [-0.3, -0.25) is 14.6 Å². The fourth-order valence-electron chi connectivity index (χ4n) is 3.44. The summed E-state index contributed by atoms with van der Waals surface area (Å²) in [6.45, 7) is 5.05. The van der Waals surface area contributed by atoms with Crippen LogP contribution in [0.15, 0.2) is 47.1 Å². The van der Waals surface area contributed by atoms with Crippen LogP contribution in [-0.2, 0) is 6.54 Å². The molecule has 2 aromatic rings. The normalized spacial score (nSPS) is 18.2. The molecule has 7 nitrogen and oxygen atoms in total. The minimum absolute atomic E-state index is 0.0177. The maximum absolute atomic E-state index is 12.8. The first-order chi connectivity index (χ1) is 12.7. The molecule has 0 saturated carbocycles. The summed E-state index contributed by atoms with van der Waals surface area (Å²) in [5, 5.41) is 2.78. The number of piperazine rings is 1. The van der Waals surface area contributed by atoms with Gasteiger partial charge in [-0.15, -0.1) is 0 Å². The lowest BCUT2D eigenvalue weighted by Crippen LogP contribution is -2.48. The molecular weight excluding hydrogens is 332 g/mol. The summed E-state index contributed by atoms with van der Waals surface area (Å²) in [6, 6.07) is 11.1. The van der Waals surface area contributed by atoms with E-state index in [1.165, 1.54) is 0 Å². The molecule has 4 rings (SSSR count). The molecule has 2 aliphatic heterocycles. The van der Waals surface area contributed by atoms with Crippen molar-refractivity contribution >= 4 is 17.6 Å². The zero-order chi connectivity index (χ0) is 17.9. The average Bonchev–Trinajstić information content (AvgIpc) is 3.33. The smallest absolute Gasteiger partial charge is 0.321 e. The third-order valence-corrected chi connectivity index (χ3v) is 4.88. The molecule has 1 aromatic heterocycles. The highest BCUT2D eigenvalue weighted by Crippen LogP contribution is 2.20. The third-order valence-electron chi connectivity index (χ3n) is 4.88. The van der Waals surface area contributed by atoms with Crippen molar-refractivity contribution in [3.05, 3.63) is 54.0 Å². The maximum atomic E-state index is 12.8. The molecule has 0 unspecified atom stereocenters. The fraction of sp³-hybridized carbons (Fsp3) is 0.368. The Kier molecular flexibility index (Phi) is 4.62. The Morgan fingerprint density at radius 2 is 1.92 bits per heavy atom. The molecule has 3 amide bonds. The van der Waals surface area contributed by atoms with Gasteiger partial charge in [-0.2, -0.15) is 0 Å². The highest BCUT2D eigenvalue weighted by molar-refractivity contribution is 5.98. The molecular formula is C19H22N4O3. The number of carbonyl (C=O) groups excluding carboxylic acids is 2. The van der Waals surface area contributed by atoms with E-state index in [0.29, 0.717) is 31.7 Å². The van der Waals surface area contributed by atoms with Crippen LogP contribution in [0.4, 0.5) is 10.5 Å². The van der Waals surface area contributed by atoms with E-state index >= 15 is 0 Å². The molecule has 3 heterocycles. The van der Waals surface area contributed by atoms with Gasteiger partial charge < -0.3 is 14.6 Å². The van der Waals surface area contributed by atoms with Crippen LogP contribution in [0.5, 0.6) is 0 Å². The van der Waals surface area contributed by atoms with Gasteiger partial charge in [-0.25, -0.2) is 4.79 Å². The zero-order valence-electron chi connectivity index (χ0n) is 14.6. The summed E-state index contributed by atoms with van der Waals surface area (Å²) in [4.78, 5) is 30.5. The molecule has 2 saturated heterocycles. The lowest BCUT2D eigenvalue weighted by molar-refractivity contribution is 0.0620. The Balaban J connectivity index is 1.38. The van der Waals surface area contributed by atoms with Crippen LogP contribution in [-0.4, -0.2) is 61.0 Å². The molecule has 0 aliphatic carbocycles. The van der Waals surface area contributed by atoms with E-state index in [9.17, 15) is 9.59 Å². The maximum Gasteiger partial charge on any atom is 0.321 e. The molecule has 2 aliphatic rings. The van der Waals surface area contributed by atoms with Gasteiger partial charge in [-0.1, -0.05) is 6.07 Å². The summed E-state index contributed by atoms with van der Waals surface area (Å²) in [6.07, 6.45) is 1.68. The molecule has 0 atom stereocenters. The van der Waals surface area contributed by atoms with E-state index in [-0.39, 0.29) is 11.9 Å². The number of carbonyl (C=O) groups is 2. The number of benzene rings is 1. The molecule has 1 aromatic carbocycles. The molecule has 0 radical (unpaired) electrons. The van der Waals surface area contributed by atoms with Gasteiger partial charge in [0.05, 0.1) is 12.8 Å². The van der Waals surface area contributed by atoms with Crippen molar-refractivity contribution in [1.82, 2.24) is 15.1 Å². The molecule has 0 spiro atoms. The van der Waals surface area contributed by atoms with Crippen LogP contribution in [0.2, 0.25) is 0 Å². The summed E-state index contributed by atoms with van der Waals surface area (Å²) in [5.41, 5.74) is 1.39.